The quantitative estimate of drug-likeness (QED) is 0.729. The highest BCUT2D eigenvalue weighted by molar-refractivity contribution is 6.30. The van der Waals surface area contributed by atoms with E-state index >= 15 is 0 Å². The third kappa shape index (κ3) is 1.80. The molecule has 0 aliphatic carbocycles. The second-order valence-corrected chi connectivity index (χ2v) is 3.92. The predicted molar refractivity (Wildman–Crippen MR) is 64.5 cm³/mol. The van der Waals surface area contributed by atoms with Crippen molar-refractivity contribution in [3.8, 4) is 23.0 Å². The van der Waals surface area contributed by atoms with Crippen LogP contribution in [-0.4, -0.2) is 25.3 Å². The Bertz CT molecular complexity index is 674. The summed E-state index contributed by atoms with van der Waals surface area (Å²) in [6.07, 6.45) is 3.03. The van der Waals surface area contributed by atoms with E-state index < -0.39 is 0 Å². The molecule has 0 spiro atoms. The van der Waals surface area contributed by atoms with Gasteiger partial charge in [-0.3, -0.25) is 10.1 Å². The fourth-order valence-corrected chi connectivity index (χ4v) is 1.52. The van der Waals surface area contributed by atoms with E-state index in [1.54, 1.807) is 12.1 Å². The maximum absolute atomic E-state index is 5.75. The zero-order valence-corrected chi connectivity index (χ0v) is 9.72. The van der Waals surface area contributed by atoms with Gasteiger partial charge in [-0.05, 0) is 12.1 Å². The van der Waals surface area contributed by atoms with Crippen LogP contribution < -0.4 is 5.73 Å². The van der Waals surface area contributed by atoms with Gasteiger partial charge in [0.25, 0.3) is 5.89 Å². The first-order valence-electron chi connectivity index (χ1n) is 4.99. The lowest BCUT2D eigenvalue weighted by Gasteiger charge is -1.92. The molecule has 3 aromatic rings. The van der Waals surface area contributed by atoms with Crippen LogP contribution in [0.3, 0.4) is 0 Å². The van der Waals surface area contributed by atoms with Crippen LogP contribution in [0.4, 0.5) is 5.82 Å². The topological polar surface area (TPSA) is 107 Å². The van der Waals surface area contributed by atoms with Crippen LogP contribution in [0.15, 0.2) is 29.0 Å². The molecule has 0 aliphatic rings. The molecular formula is C10H7ClN6O. The standard InChI is InChI=1S/C10H7ClN6O/c11-5-1-2-7(13-3-5)9-15-10(18-17-9)6-4-14-16-8(6)12/h1-4H,(H3,12,14,16). The number of nitrogens with one attached hydrogen (secondary N) is 1. The van der Waals surface area contributed by atoms with Crippen molar-refractivity contribution in [1.29, 1.82) is 0 Å². The molecule has 90 valence electrons. The molecule has 7 nitrogen and oxygen atoms in total. The second kappa shape index (κ2) is 4.11. The molecule has 0 radical (unpaired) electrons. The first kappa shape index (κ1) is 10.7. The number of pyridine rings is 1. The third-order valence-corrected chi connectivity index (χ3v) is 2.51. The van der Waals surface area contributed by atoms with Crippen molar-refractivity contribution in [3.05, 3.63) is 29.5 Å². The van der Waals surface area contributed by atoms with Gasteiger partial charge < -0.3 is 10.3 Å². The fraction of sp³-hybridized carbons (Fsp3) is 0. The van der Waals surface area contributed by atoms with E-state index in [0.29, 0.717) is 27.9 Å². The Kier molecular flexibility index (Phi) is 2.45. The lowest BCUT2D eigenvalue weighted by atomic mass is 10.3. The van der Waals surface area contributed by atoms with Crippen LogP contribution in [0.5, 0.6) is 0 Å². The largest absolute Gasteiger partial charge is 0.383 e. The van der Waals surface area contributed by atoms with Gasteiger partial charge in [0.05, 0.1) is 11.2 Å². The summed E-state index contributed by atoms with van der Waals surface area (Å²) in [5, 5.41) is 10.7. The Morgan fingerprint density at radius 3 is 2.83 bits per heavy atom. The SMILES string of the molecule is Nc1[nH]ncc1-c1nc(-c2ccc(Cl)cn2)no1. The molecule has 0 saturated heterocycles. The van der Waals surface area contributed by atoms with Crippen molar-refractivity contribution >= 4 is 17.4 Å². The average molecular weight is 263 g/mol. The molecule has 0 fully saturated rings. The fourth-order valence-electron chi connectivity index (χ4n) is 1.41. The molecular weight excluding hydrogens is 256 g/mol. The molecule has 8 heteroatoms. The van der Waals surface area contributed by atoms with Crippen LogP contribution in [0.1, 0.15) is 0 Å². The zero-order valence-electron chi connectivity index (χ0n) is 8.96. The Labute approximate surface area is 106 Å². The average Bonchev–Trinajstić information content (AvgIpc) is 2.98. The Morgan fingerprint density at radius 2 is 2.17 bits per heavy atom. The van der Waals surface area contributed by atoms with E-state index in [4.69, 9.17) is 21.9 Å². The second-order valence-electron chi connectivity index (χ2n) is 3.48. The molecule has 3 rings (SSSR count). The summed E-state index contributed by atoms with van der Waals surface area (Å²) in [5.41, 5.74) is 6.79. The van der Waals surface area contributed by atoms with E-state index in [2.05, 4.69) is 25.3 Å². The maximum Gasteiger partial charge on any atom is 0.263 e. The number of hydrogen-bond acceptors (Lipinski definition) is 6. The van der Waals surface area contributed by atoms with Gasteiger partial charge in [0.2, 0.25) is 5.82 Å². The molecule has 0 bridgehead atoms. The number of rotatable bonds is 2. The lowest BCUT2D eigenvalue weighted by Crippen LogP contribution is -1.88. The van der Waals surface area contributed by atoms with Gasteiger partial charge in [0.15, 0.2) is 0 Å². The number of nitrogens with zero attached hydrogens (tertiary/aromatic N) is 4. The number of nitrogen functional groups attached to an aromatic ring is 1. The minimum atomic E-state index is 0.285. The Balaban J connectivity index is 1.99. The molecule has 0 unspecified atom stereocenters. The summed E-state index contributed by atoms with van der Waals surface area (Å²) in [5.74, 6) is 1.02. The van der Waals surface area contributed by atoms with Crippen molar-refractivity contribution in [2.24, 2.45) is 0 Å². The van der Waals surface area contributed by atoms with Crippen LogP contribution in [0.25, 0.3) is 23.0 Å². The van der Waals surface area contributed by atoms with Crippen LogP contribution >= 0.6 is 11.6 Å². The third-order valence-electron chi connectivity index (χ3n) is 2.28. The number of nitrogens with two attached hydrogens (primary N) is 1. The maximum atomic E-state index is 5.75. The van der Waals surface area contributed by atoms with Crippen LogP contribution in [0, 0.1) is 0 Å². The highest BCUT2D eigenvalue weighted by Gasteiger charge is 2.14. The Morgan fingerprint density at radius 1 is 1.28 bits per heavy atom. The summed E-state index contributed by atoms with van der Waals surface area (Å²) >= 11 is 5.75. The van der Waals surface area contributed by atoms with Crippen LogP contribution in [0.2, 0.25) is 5.02 Å². The number of anilines is 1. The van der Waals surface area contributed by atoms with E-state index in [1.165, 1.54) is 12.4 Å². The molecule has 3 N–H and O–H groups in total. The first-order chi connectivity index (χ1) is 8.74. The number of aromatic amines is 1. The van der Waals surface area contributed by atoms with Gasteiger partial charge in [-0.15, -0.1) is 0 Å². The lowest BCUT2D eigenvalue weighted by molar-refractivity contribution is 0.432. The molecule has 0 atom stereocenters. The monoisotopic (exact) mass is 262 g/mol. The summed E-state index contributed by atoms with van der Waals surface area (Å²) in [6, 6.07) is 3.40. The smallest absolute Gasteiger partial charge is 0.263 e. The number of halogens is 1. The van der Waals surface area contributed by atoms with Crippen molar-refractivity contribution in [1.82, 2.24) is 25.3 Å². The highest BCUT2D eigenvalue weighted by atomic mass is 35.5. The van der Waals surface area contributed by atoms with Crippen molar-refractivity contribution in [2.45, 2.75) is 0 Å². The molecule has 0 aliphatic heterocycles. The Hall–Kier alpha value is -2.41. The molecule has 0 aromatic carbocycles. The van der Waals surface area contributed by atoms with Gasteiger partial charge in [-0.25, -0.2) is 0 Å². The molecule has 18 heavy (non-hydrogen) atoms. The van der Waals surface area contributed by atoms with Gasteiger partial charge in [0, 0.05) is 6.20 Å². The van der Waals surface area contributed by atoms with Crippen molar-refractivity contribution < 1.29 is 4.52 Å². The summed E-state index contributed by atoms with van der Waals surface area (Å²) < 4.78 is 5.10. The van der Waals surface area contributed by atoms with E-state index in [1.807, 2.05) is 0 Å². The number of hydrogen-bond donors (Lipinski definition) is 2. The molecule has 0 saturated carbocycles. The van der Waals surface area contributed by atoms with Gasteiger partial charge >= 0.3 is 0 Å². The number of H-pyrrole nitrogens is 1. The normalized spacial score (nSPS) is 10.7. The minimum absolute atomic E-state index is 0.285. The minimum Gasteiger partial charge on any atom is -0.383 e. The van der Waals surface area contributed by atoms with Gasteiger partial charge in [-0.1, -0.05) is 16.8 Å². The first-order valence-corrected chi connectivity index (χ1v) is 5.36. The summed E-state index contributed by atoms with van der Waals surface area (Å²) in [4.78, 5) is 8.28. The highest BCUT2D eigenvalue weighted by Crippen LogP contribution is 2.24. The number of aromatic nitrogens is 5. The van der Waals surface area contributed by atoms with Crippen molar-refractivity contribution in [2.75, 3.05) is 5.73 Å². The predicted octanol–water partition coefficient (Wildman–Crippen LogP) is 1.76. The van der Waals surface area contributed by atoms with E-state index in [9.17, 15) is 0 Å². The van der Waals surface area contributed by atoms with Crippen LogP contribution in [-0.2, 0) is 0 Å². The van der Waals surface area contributed by atoms with Crippen molar-refractivity contribution in [3.63, 3.8) is 0 Å². The van der Waals surface area contributed by atoms with E-state index in [-0.39, 0.29) is 5.89 Å². The van der Waals surface area contributed by atoms with E-state index in [0.717, 1.165) is 0 Å². The molecule has 3 aromatic heterocycles. The van der Waals surface area contributed by atoms with Gasteiger partial charge in [0.1, 0.15) is 17.1 Å². The summed E-state index contributed by atoms with van der Waals surface area (Å²) in [7, 11) is 0. The zero-order chi connectivity index (χ0) is 12.5. The molecule has 3 heterocycles. The molecule has 0 amide bonds. The summed E-state index contributed by atoms with van der Waals surface area (Å²) in [6.45, 7) is 0. The van der Waals surface area contributed by atoms with Gasteiger partial charge in [-0.2, -0.15) is 10.1 Å².